The molecule has 0 saturated heterocycles. The van der Waals surface area contributed by atoms with Crippen molar-refractivity contribution in [3.8, 4) is 0 Å². The molecule has 0 bridgehead atoms. The summed E-state index contributed by atoms with van der Waals surface area (Å²) in [5.41, 5.74) is 9.75. The fourth-order valence-corrected chi connectivity index (χ4v) is 2.45. The number of benzene rings is 1. The molecular formula is C13H15N3. The Balaban J connectivity index is 1.79. The minimum atomic E-state index is 0.564. The fraction of sp³-hybridized carbons (Fsp3) is 0.308. The summed E-state index contributed by atoms with van der Waals surface area (Å²) in [5.74, 6) is 0.635. The highest BCUT2D eigenvalue weighted by Crippen LogP contribution is 2.35. The van der Waals surface area contributed by atoms with E-state index in [4.69, 9.17) is 5.73 Å². The zero-order valence-electron chi connectivity index (χ0n) is 9.13. The molecule has 1 atom stereocenters. The number of fused-ring (bicyclic) bond motifs is 1. The SMILES string of the molecule is NCc1cncn1CC1Cc2ccccc21. The van der Waals surface area contributed by atoms with E-state index in [1.165, 1.54) is 17.5 Å². The van der Waals surface area contributed by atoms with Crippen molar-refractivity contribution in [3.05, 3.63) is 53.6 Å². The van der Waals surface area contributed by atoms with E-state index in [1.807, 2.05) is 12.5 Å². The molecule has 0 saturated carbocycles. The summed E-state index contributed by atoms with van der Waals surface area (Å²) in [6.45, 7) is 1.57. The number of nitrogens with zero attached hydrogens (tertiary/aromatic N) is 2. The molecule has 2 aromatic rings. The van der Waals surface area contributed by atoms with Crippen LogP contribution in [0.25, 0.3) is 0 Å². The first-order valence-corrected chi connectivity index (χ1v) is 5.65. The van der Waals surface area contributed by atoms with Crippen molar-refractivity contribution < 1.29 is 0 Å². The van der Waals surface area contributed by atoms with Crippen LogP contribution in [0.3, 0.4) is 0 Å². The highest BCUT2D eigenvalue weighted by Gasteiger charge is 2.25. The Morgan fingerprint density at radius 2 is 2.25 bits per heavy atom. The normalized spacial score (nSPS) is 17.9. The summed E-state index contributed by atoms with van der Waals surface area (Å²) < 4.78 is 2.17. The second kappa shape index (κ2) is 3.76. The Labute approximate surface area is 94.9 Å². The van der Waals surface area contributed by atoms with Gasteiger partial charge in [0.1, 0.15) is 0 Å². The molecule has 0 fully saturated rings. The lowest BCUT2D eigenvalue weighted by Gasteiger charge is -2.30. The lowest BCUT2D eigenvalue weighted by Crippen LogP contribution is -2.22. The number of imidazole rings is 1. The van der Waals surface area contributed by atoms with Crippen LogP contribution < -0.4 is 5.73 Å². The topological polar surface area (TPSA) is 43.8 Å². The molecule has 3 rings (SSSR count). The predicted molar refractivity (Wildman–Crippen MR) is 63.0 cm³/mol. The van der Waals surface area contributed by atoms with Crippen molar-refractivity contribution in [1.29, 1.82) is 0 Å². The van der Waals surface area contributed by atoms with Crippen LogP contribution in [0.4, 0.5) is 0 Å². The summed E-state index contributed by atoms with van der Waals surface area (Å²) in [7, 11) is 0. The first kappa shape index (κ1) is 9.60. The van der Waals surface area contributed by atoms with Crippen LogP contribution >= 0.6 is 0 Å². The molecule has 0 radical (unpaired) electrons. The van der Waals surface area contributed by atoms with Crippen molar-refractivity contribution in [1.82, 2.24) is 9.55 Å². The van der Waals surface area contributed by atoms with Gasteiger partial charge in [-0.3, -0.25) is 0 Å². The summed E-state index contributed by atoms with van der Waals surface area (Å²) in [6.07, 6.45) is 4.91. The lowest BCUT2D eigenvalue weighted by molar-refractivity contribution is 0.498. The van der Waals surface area contributed by atoms with Gasteiger partial charge in [-0.2, -0.15) is 0 Å². The first-order chi connectivity index (χ1) is 7.88. The molecule has 3 nitrogen and oxygen atoms in total. The average molecular weight is 213 g/mol. The van der Waals surface area contributed by atoms with Crippen molar-refractivity contribution in [2.45, 2.75) is 25.4 Å². The van der Waals surface area contributed by atoms with Crippen LogP contribution in [0.1, 0.15) is 22.7 Å². The second-order valence-electron chi connectivity index (χ2n) is 4.34. The van der Waals surface area contributed by atoms with E-state index in [9.17, 15) is 0 Å². The number of hydrogen-bond acceptors (Lipinski definition) is 2. The van der Waals surface area contributed by atoms with Crippen LogP contribution in [0.15, 0.2) is 36.8 Å². The third kappa shape index (κ3) is 1.44. The van der Waals surface area contributed by atoms with Gasteiger partial charge < -0.3 is 10.3 Å². The zero-order chi connectivity index (χ0) is 11.0. The monoisotopic (exact) mass is 213 g/mol. The maximum absolute atomic E-state index is 5.66. The number of rotatable bonds is 3. The van der Waals surface area contributed by atoms with E-state index in [-0.39, 0.29) is 0 Å². The van der Waals surface area contributed by atoms with E-state index in [2.05, 4.69) is 33.8 Å². The Kier molecular flexibility index (Phi) is 2.26. The van der Waals surface area contributed by atoms with Gasteiger partial charge in [-0.25, -0.2) is 4.98 Å². The van der Waals surface area contributed by atoms with Crippen molar-refractivity contribution >= 4 is 0 Å². The molecule has 0 aliphatic heterocycles. The molecule has 1 aromatic heterocycles. The van der Waals surface area contributed by atoms with Gasteiger partial charge in [0, 0.05) is 25.2 Å². The van der Waals surface area contributed by atoms with Crippen molar-refractivity contribution in [3.63, 3.8) is 0 Å². The third-order valence-electron chi connectivity index (χ3n) is 3.39. The predicted octanol–water partition coefficient (Wildman–Crippen LogP) is 1.68. The van der Waals surface area contributed by atoms with Gasteiger partial charge >= 0.3 is 0 Å². The summed E-state index contributed by atoms with van der Waals surface area (Å²) in [5, 5.41) is 0. The highest BCUT2D eigenvalue weighted by atomic mass is 15.1. The third-order valence-corrected chi connectivity index (χ3v) is 3.39. The lowest BCUT2D eigenvalue weighted by atomic mass is 9.77. The van der Waals surface area contributed by atoms with Crippen LogP contribution in [-0.4, -0.2) is 9.55 Å². The molecule has 16 heavy (non-hydrogen) atoms. The van der Waals surface area contributed by atoms with Crippen LogP contribution in [-0.2, 0) is 19.5 Å². The van der Waals surface area contributed by atoms with Crippen LogP contribution in [0.2, 0.25) is 0 Å². The maximum atomic E-state index is 5.66. The van der Waals surface area contributed by atoms with Crippen LogP contribution in [0.5, 0.6) is 0 Å². The van der Waals surface area contributed by atoms with E-state index in [1.54, 1.807) is 0 Å². The van der Waals surface area contributed by atoms with Gasteiger partial charge in [-0.05, 0) is 17.5 Å². The fourth-order valence-electron chi connectivity index (χ4n) is 2.45. The molecule has 0 amide bonds. The molecule has 3 heteroatoms. The average Bonchev–Trinajstić information content (AvgIpc) is 2.73. The van der Waals surface area contributed by atoms with E-state index in [0.29, 0.717) is 12.5 Å². The summed E-state index contributed by atoms with van der Waals surface area (Å²) in [6, 6.07) is 8.66. The number of aromatic nitrogens is 2. The summed E-state index contributed by atoms with van der Waals surface area (Å²) >= 11 is 0. The van der Waals surface area contributed by atoms with Gasteiger partial charge in [-0.15, -0.1) is 0 Å². The van der Waals surface area contributed by atoms with Crippen molar-refractivity contribution in [2.24, 2.45) is 5.73 Å². The van der Waals surface area contributed by atoms with Gasteiger partial charge in [0.15, 0.2) is 0 Å². The molecule has 1 aromatic carbocycles. The minimum Gasteiger partial charge on any atom is -0.333 e. The van der Waals surface area contributed by atoms with Gasteiger partial charge in [0.2, 0.25) is 0 Å². The molecule has 1 heterocycles. The Hall–Kier alpha value is -1.61. The number of nitrogens with two attached hydrogens (primary N) is 1. The zero-order valence-corrected chi connectivity index (χ0v) is 9.13. The smallest absolute Gasteiger partial charge is 0.0948 e. The van der Waals surface area contributed by atoms with E-state index < -0.39 is 0 Å². The van der Waals surface area contributed by atoms with Crippen LogP contribution in [0, 0.1) is 0 Å². The quantitative estimate of drug-likeness (QED) is 0.843. The standard InChI is InChI=1S/C13H15N3/c14-6-12-7-15-9-16(12)8-11-5-10-3-1-2-4-13(10)11/h1-4,7,9,11H,5-6,8,14H2. The maximum Gasteiger partial charge on any atom is 0.0948 e. The van der Waals surface area contributed by atoms with Gasteiger partial charge in [-0.1, -0.05) is 24.3 Å². The Morgan fingerprint density at radius 1 is 1.38 bits per heavy atom. The molecule has 82 valence electrons. The molecule has 2 N–H and O–H groups in total. The number of hydrogen-bond donors (Lipinski definition) is 1. The molecule has 1 unspecified atom stereocenters. The minimum absolute atomic E-state index is 0.564. The molecule has 1 aliphatic rings. The Bertz CT molecular complexity index is 501. The summed E-state index contributed by atoms with van der Waals surface area (Å²) in [4.78, 5) is 4.14. The largest absolute Gasteiger partial charge is 0.333 e. The van der Waals surface area contributed by atoms with E-state index >= 15 is 0 Å². The Morgan fingerprint density at radius 3 is 3.06 bits per heavy atom. The van der Waals surface area contributed by atoms with Gasteiger partial charge in [0.25, 0.3) is 0 Å². The second-order valence-corrected chi connectivity index (χ2v) is 4.34. The van der Waals surface area contributed by atoms with E-state index in [0.717, 1.165) is 12.2 Å². The first-order valence-electron chi connectivity index (χ1n) is 5.65. The molecule has 1 aliphatic carbocycles. The van der Waals surface area contributed by atoms with Gasteiger partial charge in [0.05, 0.1) is 12.0 Å². The molecule has 0 spiro atoms. The van der Waals surface area contributed by atoms with Crippen molar-refractivity contribution in [2.75, 3.05) is 0 Å². The highest BCUT2D eigenvalue weighted by molar-refractivity contribution is 5.39. The molecular weight excluding hydrogens is 198 g/mol.